The van der Waals surface area contributed by atoms with E-state index in [1.165, 1.54) is 6.42 Å². The summed E-state index contributed by atoms with van der Waals surface area (Å²) in [5.74, 6) is 0.763. The summed E-state index contributed by atoms with van der Waals surface area (Å²) in [4.78, 5) is 11.3. The lowest BCUT2D eigenvalue weighted by molar-refractivity contribution is 0.00578. The van der Waals surface area contributed by atoms with Crippen molar-refractivity contribution in [1.29, 1.82) is 0 Å². The van der Waals surface area contributed by atoms with E-state index in [9.17, 15) is 0 Å². The highest BCUT2D eigenvalue weighted by molar-refractivity contribution is 6.61. The molecule has 0 aliphatic carbocycles. The Morgan fingerprint density at radius 3 is 2.48 bits per heavy atom. The monoisotopic (exact) mass is 347 g/mol. The van der Waals surface area contributed by atoms with Crippen LogP contribution in [0.1, 0.15) is 40.5 Å². The first-order valence-electron chi connectivity index (χ1n) is 9.18. The first-order chi connectivity index (χ1) is 11.8. The van der Waals surface area contributed by atoms with Gasteiger partial charge in [0, 0.05) is 50.1 Å². The van der Waals surface area contributed by atoms with Crippen molar-refractivity contribution in [3.05, 3.63) is 12.4 Å². The molecule has 8 heteroatoms. The van der Waals surface area contributed by atoms with E-state index < -0.39 is 7.12 Å². The molecule has 0 radical (unpaired) electrons. The van der Waals surface area contributed by atoms with Gasteiger partial charge in [0.25, 0.3) is 0 Å². The van der Waals surface area contributed by atoms with Gasteiger partial charge in [0.15, 0.2) is 0 Å². The number of piperidine rings is 1. The van der Waals surface area contributed by atoms with Gasteiger partial charge in [-0.05, 0) is 40.5 Å². The minimum atomic E-state index is -0.417. The van der Waals surface area contributed by atoms with Gasteiger partial charge in [-0.15, -0.1) is 0 Å². The third-order valence-electron chi connectivity index (χ3n) is 5.47. The number of rotatable bonds is 5. The van der Waals surface area contributed by atoms with Gasteiger partial charge in [0.1, 0.15) is 0 Å². The number of nitrogens with one attached hydrogen (secondary N) is 1. The molecule has 138 valence electrons. The van der Waals surface area contributed by atoms with Crippen molar-refractivity contribution >= 4 is 18.5 Å². The van der Waals surface area contributed by atoms with Crippen molar-refractivity contribution in [1.82, 2.24) is 15.3 Å². The number of aromatic nitrogens is 2. The van der Waals surface area contributed by atoms with Gasteiger partial charge in [-0.25, -0.2) is 9.97 Å². The van der Waals surface area contributed by atoms with Crippen molar-refractivity contribution in [3.8, 4) is 0 Å². The average molecular weight is 347 g/mol. The fourth-order valence-electron chi connectivity index (χ4n) is 3.21. The Hall–Kier alpha value is -1.22. The molecular formula is C17H30BN5O2. The molecule has 3 rings (SSSR count). The highest BCUT2D eigenvalue weighted by atomic mass is 16.7. The van der Waals surface area contributed by atoms with Crippen molar-refractivity contribution < 1.29 is 9.31 Å². The standard InChI is InChI=1S/C17H30BN5O2/c1-16(2)17(3,4)25-18(24-16)13-10-21-15(22-11-13)23-9-5-6-14(12-23)20-8-7-19/h10-11,14,20H,5-9,12,19H2,1-4H3/t14-/m1/s1. The Morgan fingerprint density at radius 1 is 1.24 bits per heavy atom. The molecule has 7 nitrogen and oxygen atoms in total. The van der Waals surface area contributed by atoms with Gasteiger partial charge < -0.3 is 25.3 Å². The molecule has 1 aromatic rings. The molecule has 0 amide bonds. The fraction of sp³-hybridized carbons (Fsp3) is 0.765. The molecule has 2 aliphatic heterocycles. The van der Waals surface area contributed by atoms with Gasteiger partial charge in [-0.1, -0.05) is 0 Å². The van der Waals surface area contributed by atoms with Crippen LogP contribution in [0.25, 0.3) is 0 Å². The van der Waals surface area contributed by atoms with Crippen LogP contribution in [0, 0.1) is 0 Å². The van der Waals surface area contributed by atoms with Crippen LogP contribution in [-0.2, 0) is 9.31 Å². The van der Waals surface area contributed by atoms with E-state index >= 15 is 0 Å². The predicted molar refractivity (Wildman–Crippen MR) is 100 cm³/mol. The molecule has 2 saturated heterocycles. The smallest absolute Gasteiger partial charge is 0.399 e. The average Bonchev–Trinajstić information content (AvgIpc) is 2.81. The third kappa shape index (κ3) is 3.97. The highest BCUT2D eigenvalue weighted by Gasteiger charge is 2.52. The van der Waals surface area contributed by atoms with Crippen LogP contribution in [0.2, 0.25) is 0 Å². The molecule has 0 spiro atoms. The van der Waals surface area contributed by atoms with Crippen LogP contribution in [0.5, 0.6) is 0 Å². The lowest BCUT2D eigenvalue weighted by Gasteiger charge is -2.33. The minimum absolute atomic E-state index is 0.356. The van der Waals surface area contributed by atoms with Crippen LogP contribution in [0.3, 0.4) is 0 Å². The Morgan fingerprint density at radius 2 is 1.88 bits per heavy atom. The molecule has 2 fully saturated rings. The number of nitrogens with zero attached hydrogens (tertiary/aromatic N) is 3. The minimum Gasteiger partial charge on any atom is -0.399 e. The van der Waals surface area contributed by atoms with E-state index in [0.717, 1.165) is 37.5 Å². The highest BCUT2D eigenvalue weighted by Crippen LogP contribution is 2.36. The van der Waals surface area contributed by atoms with Crippen LogP contribution in [-0.4, -0.2) is 60.5 Å². The van der Waals surface area contributed by atoms with Gasteiger partial charge in [0.2, 0.25) is 5.95 Å². The quantitative estimate of drug-likeness (QED) is 0.741. The van der Waals surface area contributed by atoms with E-state index in [0.29, 0.717) is 12.6 Å². The van der Waals surface area contributed by atoms with E-state index in [2.05, 4.69) is 20.2 Å². The number of hydrogen-bond acceptors (Lipinski definition) is 7. The summed E-state index contributed by atoms with van der Waals surface area (Å²) in [6.07, 6.45) is 5.94. The summed E-state index contributed by atoms with van der Waals surface area (Å²) in [5.41, 5.74) is 5.73. The molecular weight excluding hydrogens is 317 g/mol. The maximum absolute atomic E-state index is 6.06. The third-order valence-corrected chi connectivity index (χ3v) is 5.47. The number of anilines is 1. The predicted octanol–water partition coefficient (Wildman–Crippen LogP) is 0.293. The molecule has 3 heterocycles. The van der Waals surface area contributed by atoms with Crippen LogP contribution in [0.4, 0.5) is 5.95 Å². The zero-order valence-electron chi connectivity index (χ0n) is 15.8. The molecule has 3 N–H and O–H groups in total. The first-order valence-corrected chi connectivity index (χ1v) is 9.18. The summed E-state index contributed by atoms with van der Waals surface area (Å²) in [6.45, 7) is 11.6. The number of nitrogens with two attached hydrogens (primary N) is 1. The van der Waals surface area contributed by atoms with Crippen LogP contribution >= 0.6 is 0 Å². The molecule has 0 unspecified atom stereocenters. The summed E-state index contributed by atoms with van der Waals surface area (Å²) in [5, 5.41) is 3.48. The van der Waals surface area contributed by atoms with Crippen molar-refractivity contribution in [3.63, 3.8) is 0 Å². The first kappa shape index (κ1) is 18.6. The van der Waals surface area contributed by atoms with Gasteiger partial charge in [0.05, 0.1) is 11.2 Å². The molecule has 1 aromatic heterocycles. The van der Waals surface area contributed by atoms with Crippen molar-refractivity contribution in [2.75, 3.05) is 31.1 Å². The summed E-state index contributed by atoms with van der Waals surface area (Å²) in [7, 11) is -0.417. The lowest BCUT2D eigenvalue weighted by atomic mass is 9.81. The summed E-state index contributed by atoms with van der Waals surface area (Å²) >= 11 is 0. The Bertz CT molecular complexity index is 565. The SMILES string of the molecule is CC1(C)OB(c2cnc(N3CCC[C@@H](NCCN)C3)nc2)OC1(C)C. The normalized spacial score (nSPS) is 25.4. The summed E-state index contributed by atoms with van der Waals surface area (Å²) in [6, 6.07) is 0.448. The second-order valence-corrected chi connectivity index (χ2v) is 7.93. The molecule has 2 aliphatic rings. The lowest BCUT2D eigenvalue weighted by Crippen LogP contribution is -2.47. The van der Waals surface area contributed by atoms with Crippen LogP contribution < -0.4 is 21.4 Å². The van der Waals surface area contributed by atoms with E-state index in [-0.39, 0.29) is 11.2 Å². The van der Waals surface area contributed by atoms with E-state index in [4.69, 9.17) is 15.0 Å². The fourth-order valence-corrected chi connectivity index (χ4v) is 3.21. The second-order valence-electron chi connectivity index (χ2n) is 7.93. The molecule has 0 saturated carbocycles. The topological polar surface area (TPSA) is 85.5 Å². The van der Waals surface area contributed by atoms with E-state index in [1.54, 1.807) is 0 Å². The zero-order chi connectivity index (χ0) is 18.1. The summed E-state index contributed by atoms with van der Waals surface area (Å²) < 4.78 is 12.1. The second kappa shape index (κ2) is 7.19. The number of hydrogen-bond donors (Lipinski definition) is 2. The van der Waals surface area contributed by atoms with Gasteiger partial charge in [-0.2, -0.15) is 0 Å². The molecule has 1 atom stereocenters. The van der Waals surface area contributed by atoms with Gasteiger partial charge >= 0.3 is 7.12 Å². The maximum atomic E-state index is 6.06. The van der Waals surface area contributed by atoms with E-state index in [1.807, 2.05) is 40.1 Å². The molecule has 0 bridgehead atoms. The van der Waals surface area contributed by atoms with Crippen molar-refractivity contribution in [2.24, 2.45) is 5.73 Å². The molecule has 0 aromatic carbocycles. The Labute approximate surface area is 150 Å². The zero-order valence-corrected chi connectivity index (χ0v) is 15.8. The van der Waals surface area contributed by atoms with Crippen LogP contribution in [0.15, 0.2) is 12.4 Å². The Kier molecular flexibility index (Phi) is 5.34. The maximum Gasteiger partial charge on any atom is 0.498 e. The largest absolute Gasteiger partial charge is 0.498 e. The van der Waals surface area contributed by atoms with Gasteiger partial charge in [-0.3, -0.25) is 0 Å². The Balaban J connectivity index is 1.65. The molecule has 25 heavy (non-hydrogen) atoms. The van der Waals surface area contributed by atoms with Crippen molar-refractivity contribution in [2.45, 2.75) is 57.8 Å².